The Balaban J connectivity index is 1.72. The number of carboxylic acids is 1. The minimum absolute atomic E-state index is 0.0492. The summed E-state index contributed by atoms with van der Waals surface area (Å²) in [6, 6.07) is 7.18. The number of ether oxygens (including phenoxy) is 1. The number of aliphatic carboxylic acids is 1. The lowest BCUT2D eigenvalue weighted by molar-refractivity contribution is -0.138. The van der Waals surface area contributed by atoms with Gasteiger partial charge < -0.3 is 19.7 Å². The molecule has 2 atom stereocenters. The van der Waals surface area contributed by atoms with E-state index in [1.807, 2.05) is 37.1 Å². The van der Waals surface area contributed by atoms with Crippen LogP contribution in [-0.4, -0.2) is 76.8 Å². The Bertz CT molecular complexity index is 1220. The second-order valence-corrected chi connectivity index (χ2v) is 9.54. The SMILES string of the molecule is Cc1c(OCCN(C)CCCF)ncc(F)c1C1c2[nH]c3ccccc3c2CCN1C(C)CC(=O)O. The number of nitrogens with one attached hydrogen (secondary N) is 1. The summed E-state index contributed by atoms with van der Waals surface area (Å²) in [5.41, 5.74) is 4.01. The third kappa shape index (κ3) is 5.37. The van der Waals surface area contributed by atoms with E-state index in [1.54, 1.807) is 6.92 Å². The fourth-order valence-electron chi connectivity index (χ4n) is 5.21. The number of aromatic amines is 1. The Morgan fingerprint density at radius 3 is 2.89 bits per heavy atom. The number of aromatic nitrogens is 2. The molecule has 2 N–H and O–H groups in total. The van der Waals surface area contributed by atoms with Gasteiger partial charge in [0.15, 0.2) is 0 Å². The predicted octanol–water partition coefficient (Wildman–Crippen LogP) is 4.49. The molecular weight excluding hydrogens is 466 g/mol. The van der Waals surface area contributed by atoms with Crippen molar-refractivity contribution in [2.45, 2.75) is 45.2 Å². The van der Waals surface area contributed by atoms with E-state index < -0.39 is 17.8 Å². The van der Waals surface area contributed by atoms with Crippen molar-refractivity contribution in [3.63, 3.8) is 0 Å². The number of H-pyrrole nitrogens is 1. The molecule has 3 heterocycles. The van der Waals surface area contributed by atoms with E-state index in [-0.39, 0.29) is 19.1 Å². The maximum Gasteiger partial charge on any atom is 0.304 e. The molecule has 1 aliphatic heterocycles. The number of likely N-dealkylation sites (N-methyl/N-ethyl adjacent to an activating group) is 1. The predicted molar refractivity (Wildman–Crippen MR) is 135 cm³/mol. The van der Waals surface area contributed by atoms with E-state index in [1.165, 1.54) is 6.20 Å². The number of alkyl halides is 1. The molecule has 7 nitrogen and oxygen atoms in total. The fraction of sp³-hybridized carbons (Fsp3) is 0.481. The number of hydrogen-bond donors (Lipinski definition) is 2. The van der Waals surface area contributed by atoms with Gasteiger partial charge in [-0.05, 0) is 45.4 Å². The largest absolute Gasteiger partial charge is 0.481 e. The Hall–Kier alpha value is -3.04. The Kier molecular flexibility index (Phi) is 8.21. The highest BCUT2D eigenvalue weighted by molar-refractivity contribution is 5.85. The summed E-state index contributed by atoms with van der Waals surface area (Å²) >= 11 is 0. The molecule has 0 saturated carbocycles. The number of carboxylic acid groups (broad SMARTS) is 1. The summed E-state index contributed by atoms with van der Waals surface area (Å²) in [6.07, 6.45) is 2.33. The average molecular weight is 501 g/mol. The van der Waals surface area contributed by atoms with Crippen LogP contribution in [0, 0.1) is 12.7 Å². The van der Waals surface area contributed by atoms with Gasteiger partial charge in [0.2, 0.25) is 5.88 Å². The molecule has 194 valence electrons. The van der Waals surface area contributed by atoms with Gasteiger partial charge in [0.25, 0.3) is 0 Å². The van der Waals surface area contributed by atoms with E-state index in [9.17, 15) is 14.3 Å². The minimum Gasteiger partial charge on any atom is -0.481 e. The molecule has 0 saturated heterocycles. The normalized spacial score (nSPS) is 16.9. The molecule has 0 radical (unpaired) electrons. The first kappa shape index (κ1) is 26.0. The maximum absolute atomic E-state index is 15.5. The highest BCUT2D eigenvalue weighted by Gasteiger charge is 2.37. The average Bonchev–Trinajstić information content (AvgIpc) is 3.23. The van der Waals surface area contributed by atoms with Crippen LogP contribution in [0.25, 0.3) is 10.9 Å². The topological polar surface area (TPSA) is 81.7 Å². The third-order valence-electron chi connectivity index (χ3n) is 7.04. The van der Waals surface area contributed by atoms with E-state index in [4.69, 9.17) is 4.74 Å². The molecule has 0 spiro atoms. The van der Waals surface area contributed by atoms with Crippen molar-refractivity contribution in [1.82, 2.24) is 19.8 Å². The van der Waals surface area contributed by atoms with Crippen molar-refractivity contribution in [3.8, 4) is 5.88 Å². The standard InChI is InChI=1S/C27H34F2N4O3/c1-17(15-23(34)35)33-12-9-20-19-7-4-5-8-22(19)31-25(20)26(33)24-18(2)27(30-16-21(24)29)36-14-13-32(3)11-6-10-28/h4-5,7-8,16-17,26,31H,6,9-15H2,1-3H3,(H,34,35). The summed E-state index contributed by atoms with van der Waals surface area (Å²) < 4.78 is 33.9. The van der Waals surface area contributed by atoms with Crippen LogP contribution >= 0.6 is 0 Å². The van der Waals surface area contributed by atoms with E-state index in [0.717, 1.165) is 28.6 Å². The number of pyridine rings is 1. The minimum atomic E-state index is -0.892. The quantitative estimate of drug-likeness (QED) is 0.404. The van der Waals surface area contributed by atoms with E-state index in [2.05, 4.69) is 20.9 Å². The van der Waals surface area contributed by atoms with E-state index >= 15 is 4.39 Å². The first-order valence-corrected chi connectivity index (χ1v) is 12.4. The fourth-order valence-corrected chi connectivity index (χ4v) is 5.21. The highest BCUT2D eigenvalue weighted by Crippen LogP contribution is 2.42. The Morgan fingerprint density at radius 1 is 1.36 bits per heavy atom. The first-order valence-electron chi connectivity index (χ1n) is 12.4. The lowest BCUT2D eigenvalue weighted by Gasteiger charge is -2.40. The number of carbonyl (C=O) groups is 1. The molecule has 2 unspecified atom stereocenters. The molecule has 2 aromatic heterocycles. The van der Waals surface area contributed by atoms with Crippen LogP contribution in [0.15, 0.2) is 30.5 Å². The van der Waals surface area contributed by atoms with Crippen molar-refractivity contribution in [1.29, 1.82) is 0 Å². The van der Waals surface area contributed by atoms with Crippen LogP contribution in [0.3, 0.4) is 0 Å². The summed E-state index contributed by atoms with van der Waals surface area (Å²) in [5.74, 6) is -1.00. The van der Waals surface area contributed by atoms with Crippen LogP contribution in [0.1, 0.15) is 48.2 Å². The number of hydrogen-bond acceptors (Lipinski definition) is 5. The van der Waals surface area contributed by atoms with Gasteiger partial charge in [-0.3, -0.25) is 14.1 Å². The monoisotopic (exact) mass is 500 g/mol. The van der Waals surface area contributed by atoms with Crippen molar-refractivity contribution in [2.75, 3.05) is 40.0 Å². The van der Waals surface area contributed by atoms with Gasteiger partial charge in [-0.1, -0.05) is 18.2 Å². The molecule has 0 aliphatic carbocycles. The zero-order chi connectivity index (χ0) is 25.8. The van der Waals surface area contributed by atoms with Crippen LogP contribution in [0.5, 0.6) is 5.88 Å². The zero-order valence-electron chi connectivity index (χ0n) is 21.1. The van der Waals surface area contributed by atoms with Gasteiger partial charge in [0, 0.05) is 53.4 Å². The number of para-hydroxylation sites is 1. The van der Waals surface area contributed by atoms with Crippen LogP contribution in [0.2, 0.25) is 0 Å². The number of rotatable bonds is 11. The van der Waals surface area contributed by atoms with Crippen LogP contribution < -0.4 is 4.74 Å². The number of benzene rings is 1. The maximum atomic E-state index is 15.5. The van der Waals surface area contributed by atoms with Crippen LogP contribution in [0.4, 0.5) is 8.78 Å². The second-order valence-electron chi connectivity index (χ2n) is 9.54. The summed E-state index contributed by atoms with van der Waals surface area (Å²) in [5, 5.41) is 10.6. The van der Waals surface area contributed by atoms with Crippen molar-refractivity contribution in [2.24, 2.45) is 0 Å². The summed E-state index contributed by atoms with van der Waals surface area (Å²) in [6.45, 7) is 5.46. The van der Waals surface area contributed by atoms with Gasteiger partial charge >= 0.3 is 5.97 Å². The molecule has 3 aromatic rings. The number of nitrogens with zero attached hydrogens (tertiary/aromatic N) is 3. The third-order valence-corrected chi connectivity index (χ3v) is 7.04. The van der Waals surface area contributed by atoms with E-state index in [0.29, 0.717) is 49.7 Å². The lowest BCUT2D eigenvalue weighted by Crippen LogP contribution is -2.43. The second kappa shape index (κ2) is 11.3. The molecule has 4 rings (SSSR count). The lowest BCUT2D eigenvalue weighted by atomic mass is 9.89. The zero-order valence-corrected chi connectivity index (χ0v) is 21.1. The van der Waals surface area contributed by atoms with Gasteiger partial charge in [-0.2, -0.15) is 0 Å². The highest BCUT2D eigenvalue weighted by atomic mass is 19.1. The van der Waals surface area contributed by atoms with Crippen molar-refractivity contribution >= 4 is 16.9 Å². The van der Waals surface area contributed by atoms with Gasteiger partial charge in [-0.15, -0.1) is 0 Å². The molecule has 0 fully saturated rings. The molecule has 1 aliphatic rings. The Labute approximate surface area is 210 Å². The molecular formula is C27H34F2N4O3. The molecule has 0 amide bonds. The molecule has 9 heteroatoms. The molecule has 1 aromatic carbocycles. The van der Waals surface area contributed by atoms with Crippen LogP contribution in [-0.2, 0) is 11.2 Å². The van der Waals surface area contributed by atoms with Crippen molar-refractivity contribution in [3.05, 3.63) is 58.7 Å². The Morgan fingerprint density at radius 2 is 2.14 bits per heavy atom. The number of halogens is 2. The molecule has 36 heavy (non-hydrogen) atoms. The van der Waals surface area contributed by atoms with Crippen molar-refractivity contribution < 1.29 is 23.4 Å². The first-order chi connectivity index (χ1) is 17.3. The smallest absolute Gasteiger partial charge is 0.304 e. The summed E-state index contributed by atoms with van der Waals surface area (Å²) in [4.78, 5) is 23.3. The number of fused-ring (bicyclic) bond motifs is 3. The van der Waals surface area contributed by atoms with Gasteiger partial charge in [-0.25, -0.2) is 9.37 Å². The van der Waals surface area contributed by atoms with Gasteiger partial charge in [0.05, 0.1) is 25.3 Å². The van der Waals surface area contributed by atoms with Gasteiger partial charge in [0.1, 0.15) is 12.4 Å². The molecule has 0 bridgehead atoms. The summed E-state index contributed by atoms with van der Waals surface area (Å²) in [7, 11) is 1.90.